The molecule has 1 fully saturated rings. The molecule has 0 radical (unpaired) electrons. The van der Waals surface area contributed by atoms with Crippen molar-refractivity contribution >= 4 is 17.7 Å². The number of hydrogen-bond donors (Lipinski definition) is 1. The summed E-state index contributed by atoms with van der Waals surface area (Å²) in [6.07, 6.45) is 0.486. The van der Waals surface area contributed by atoms with Gasteiger partial charge in [0.2, 0.25) is 5.91 Å². The average molecular weight is 329 g/mol. The number of nitrogens with one attached hydrogen (secondary N) is 1. The Morgan fingerprint density at radius 3 is 2.71 bits per heavy atom. The molecule has 8 heteroatoms. The average Bonchev–Trinajstić information content (AvgIpc) is 3.19. The molecule has 2 amide bonds. The second-order valence-electron chi connectivity index (χ2n) is 5.46. The van der Waals surface area contributed by atoms with Crippen molar-refractivity contribution in [2.24, 2.45) is 0 Å². The fourth-order valence-corrected chi connectivity index (χ4v) is 2.61. The molecule has 24 heavy (non-hydrogen) atoms. The molecular formula is C16H15N3O5. The number of amides is 2. The first-order chi connectivity index (χ1) is 11.5. The number of rotatable bonds is 5. The lowest BCUT2D eigenvalue weighted by atomic mass is 10.2. The lowest BCUT2D eigenvalue weighted by Crippen LogP contribution is -2.41. The summed E-state index contributed by atoms with van der Waals surface area (Å²) in [6, 6.07) is 11.2. The molecule has 1 aliphatic heterocycles. The number of likely N-dealkylation sites (tertiary alicyclic amines) is 1. The Balaban J connectivity index is 1.60. The van der Waals surface area contributed by atoms with Crippen LogP contribution in [0.5, 0.6) is 0 Å². The minimum absolute atomic E-state index is 0.173. The molecule has 0 spiro atoms. The van der Waals surface area contributed by atoms with E-state index in [0.29, 0.717) is 19.5 Å². The van der Waals surface area contributed by atoms with Crippen LogP contribution in [0.3, 0.4) is 0 Å². The number of benzene rings is 1. The topological polar surface area (TPSA) is 106 Å². The number of furan rings is 1. The quantitative estimate of drug-likeness (QED) is 0.664. The Hall–Kier alpha value is -3.16. The zero-order chi connectivity index (χ0) is 17.1. The third kappa shape index (κ3) is 3.27. The monoisotopic (exact) mass is 329 g/mol. The predicted octanol–water partition coefficient (Wildman–Crippen LogP) is 1.72. The van der Waals surface area contributed by atoms with Crippen molar-refractivity contribution in [3.05, 3.63) is 63.9 Å². The van der Waals surface area contributed by atoms with Crippen LogP contribution in [0.4, 0.5) is 5.88 Å². The predicted molar refractivity (Wildman–Crippen MR) is 83.1 cm³/mol. The van der Waals surface area contributed by atoms with Gasteiger partial charge in [-0.25, -0.2) is 0 Å². The zero-order valence-corrected chi connectivity index (χ0v) is 12.7. The Bertz CT molecular complexity index is 771. The van der Waals surface area contributed by atoms with E-state index in [1.165, 1.54) is 6.07 Å². The van der Waals surface area contributed by atoms with E-state index >= 15 is 0 Å². The van der Waals surface area contributed by atoms with E-state index in [9.17, 15) is 19.7 Å². The highest BCUT2D eigenvalue weighted by atomic mass is 16.6. The van der Waals surface area contributed by atoms with Crippen LogP contribution < -0.4 is 5.32 Å². The fourth-order valence-electron chi connectivity index (χ4n) is 2.61. The van der Waals surface area contributed by atoms with E-state index in [0.717, 1.165) is 11.6 Å². The smallest absolute Gasteiger partial charge is 0.395 e. The van der Waals surface area contributed by atoms with Crippen molar-refractivity contribution in [3.8, 4) is 0 Å². The van der Waals surface area contributed by atoms with Crippen LogP contribution in [0.15, 0.2) is 46.9 Å². The number of nitrogens with zero attached hydrogens (tertiary/aromatic N) is 2. The van der Waals surface area contributed by atoms with E-state index in [4.69, 9.17) is 4.42 Å². The summed E-state index contributed by atoms with van der Waals surface area (Å²) >= 11 is 0. The molecule has 3 rings (SSSR count). The van der Waals surface area contributed by atoms with Crippen LogP contribution in [0.1, 0.15) is 22.5 Å². The minimum Gasteiger partial charge on any atom is -0.395 e. The fraction of sp³-hybridized carbons (Fsp3) is 0.250. The third-order valence-corrected chi connectivity index (χ3v) is 3.81. The number of nitro groups is 1. The largest absolute Gasteiger partial charge is 0.433 e. The van der Waals surface area contributed by atoms with Gasteiger partial charge in [-0.1, -0.05) is 30.3 Å². The molecule has 0 aliphatic carbocycles. The van der Waals surface area contributed by atoms with Gasteiger partial charge < -0.3 is 14.6 Å². The van der Waals surface area contributed by atoms with Gasteiger partial charge in [0, 0.05) is 13.1 Å². The molecule has 1 saturated heterocycles. The maximum absolute atomic E-state index is 12.4. The molecule has 1 aromatic carbocycles. The number of carbonyl (C=O) groups excluding carboxylic acids is 2. The van der Waals surface area contributed by atoms with Gasteiger partial charge in [0.1, 0.15) is 11.0 Å². The Morgan fingerprint density at radius 2 is 2.04 bits per heavy atom. The lowest BCUT2D eigenvalue weighted by molar-refractivity contribution is -0.402. The Morgan fingerprint density at radius 1 is 1.29 bits per heavy atom. The van der Waals surface area contributed by atoms with Gasteiger partial charge in [-0.05, 0) is 18.1 Å². The first kappa shape index (κ1) is 15.7. The van der Waals surface area contributed by atoms with E-state index in [2.05, 4.69) is 5.32 Å². The molecular weight excluding hydrogens is 314 g/mol. The highest BCUT2D eigenvalue weighted by Gasteiger charge is 2.33. The Labute approximate surface area is 137 Å². The standard InChI is InChI=1S/C16H15N3O5/c20-15(13-6-7-14(24-13)19(22)23)17-12-8-9-18(16(12)21)10-11-4-2-1-3-5-11/h1-7,12H,8-10H2,(H,17,20)/t12-/m0/s1. The van der Waals surface area contributed by atoms with E-state index in [1.807, 2.05) is 30.3 Å². The maximum Gasteiger partial charge on any atom is 0.433 e. The van der Waals surface area contributed by atoms with Gasteiger partial charge >= 0.3 is 5.88 Å². The normalized spacial score (nSPS) is 17.1. The molecule has 1 aromatic heterocycles. The Kier molecular flexibility index (Phi) is 4.28. The molecule has 0 saturated carbocycles. The maximum atomic E-state index is 12.4. The number of hydrogen-bond acceptors (Lipinski definition) is 5. The highest BCUT2D eigenvalue weighted by Crippen LogP contribution is 2.18. The van der Waals surface area contributed by atoms with Crippen molar-refractivity contribution in [1.82, 2.24) is 10.2 Å². The van der Waals surface area contributed by atoms with Crippen molar-refractivity contribution in [2.75, 3.05) is 6.54 Å². The first-order valence-electron chi connectivity index (χ1n) is 7.42. The van der Waals surface area contributed by atoms with E-state index < -0.39 is 22.8 Å². The van der Waals surface area contributed by atoms with E-state index in [1.54, 1.807) is 4.90 Å². The van der Waals surface area contributed by atoms with E-state index in [-0.39, 0.29) is 11.7 Å². The van der Waals surface area contributed by atoms with Gasteiger partial charge in [0.15, 0.2) is 5.76 Å². The van der Waals surface area contributed by atoms with Gasteiger partial charge in [-0.3, -0.25) is 19.7 Å². The van der Waals surface area contributed by atoms with Crippen molar-refractivity contribution < 1.29 is 18.9 Å². The van der Waals surface area contributed by atoms with Gasteiger partial charge in [-0.2, -0.15) is 0 Å². The van der Waals surface area contributed by atoms with Gasteiger partial charge in [0.25, 0.3) is 5.91 Å². The second kappa shape index (κ2) is 6.53. The molecule has 0 bridgehead atoms. The molecule has 2 aromatic rings. The summed E-state index contributed by atoms with van der Waals surface area (Å²) in [5.74, 6) is -1.50. The molecule has 1 aliphatic rings. The third-order valence-electron chi connectivity index (χ3n) is 3.81. The van der Waals surface area contributed by atoms with Crippen LogP contribution >= 0.6 is 0 Å². The van der Waals surface area contributed by atoms with Crippen molar-refractivity contribution in [2.45, 2.75) is 19.0 Å². The SMILES string of the molecule is O=C(N[C@H]1CCN(Cc2ccccc2)C1=O)c1ccc([N+](=O)[O-])o1. The lowest BCUT2D eigenvalue weighted by Gasteiger charge is -2.17. The second-order valence-corrected chi connectivity index (χ2v) is 5.46. The highest BCUT2D eigenvalue weighted by molar-refractivity contribution is 5.96. The molecule has 8 nitrogen and oxygen atoms in total. The van der Waals surface area contributed by atoms with Crippen LogP contribution in [0.2, 0.25) is 0 Å². The zero-order valence-electron chi connectivity index (χ0n) is 12.7. The van der Waals surface area contributed by atoms with Crippen LogP contribution in [-0.2, 0) is 11.3 Å². The molecule has 1 N–H and O–H groups in total. The van der Waals surface area contributed by atoms with Gasteiger partial charge in [0.05, 0.1) is 6.07 Å². The first-order valence-corrected chi connectivity index (χ1v) is 7.42. The minimum atomic E-state index is -0.723. The summed E-state index contributed by atoms with van der Waals surface area (Å²) in [5.41, 5.74) is 1.01. The summed E-state index contributed by atoms with van der Waals surface area (Å²) in [6.45, 7) is 1.02. The molecule has 124 valence electrons. The summed E-state index contributed by atoms with van der Waals surface area (Å²) in [5, 5.41) is 13.1. The molecule has 2 heterocycles. The molecule has 1 atom stereocenters. The summed E-state index contributed by atoms with van der Waals surface area (Å²) < 4.78 is 4.84. The van der Waals surface area contributed by atoms with Crippen molar-refractivity contribution in [3.63, 3.8) is 0 Å². The van der Waals surface area contributed by atoms with Crippen LogP contribution in [-0.4, -0.2) is 34.2 Å². The van der Waals surface area contributed by atoms with Crippen LogP contribution in [0, 0.1) is 10.1 Å². The van der Waals surface area contributed by atoms with Crippen molar-refractivity contribution in [1.29, 1.82) is 0 Å². The summed E-state index contributed by atoms with van der Waals surface area (Å²) in [4.78, 5) is 35.9. The van der Waals surface area contributed by atoms with Gasteiger partial charge in [-0.15, -0.1) is 0 Å². The number of carbonyl (C=O) groups is 2. The summed E-state index contributed by atoms with van der Waals surface area (Å²) in [7, 11) is 0. The van der Waals surface area contributed by atoms with Crippen LogP contribution in [0.25, 0.3) is 0 Å². The molecule has 0 unspecified atom stereocenters.